The molecule has 1 aliphatic heterocycles. The first-order chi connectivity index (χ1) is 7.31. The van der Waals surface area contributed by atoms with Gasteiger partial charge < -0.3 is 9.47 Å². The van der Waals surface area contributed by atoms with Gasteiger partial charge in [-0.2, -0.15) is 0 Å². The third-order valence-electron chi connectivity index (χ3n) is 2.67. The Morgan fingerprint density at radius 2 is 2.07 bits per heavy atom. The predicted octanol–water partition coefficient (Wildman–Crippen LogP) is 1.13. The number of carbonyl (C=O) groups excluding carboxylic acids is 2. The van der Waals surface area contributed by atoms with Gasteiger partial charge in [-0.3, -0.25) is 9.59 Å². The molecule has 1 aromatic heterocycles. The molecule has 1 aliphatic rings. The molecule has 2 rings (SSSR count). The van der Waals surface area contributed by atoms with E-state index in [9.17, 15) is 9.59 Å². The zero-order valence-corrected chi connectivity index (χ0v) is 8.51. The van der Waals surface area contributed by atoms with E-state index in [1.807, 2.05) is 23.6 Å². The summed E-state index contributed by atoms with van der Waals surface area (Å²) < 4.78 is 1.93. The Morgan fingerprint density at radius 1 is 1.27 bits per heavy atom. The quantitative estimate of drug-likeness (QED) is 0.678. The average molecular weight is 204 g/mol. The Kier molecular flexibility index (Phi) is 2.41. The number of hydrogen-bond donors (Lipinski definition) is 0. The van der Waals surface area contributed by atoms with Crippen molar-refractivity contribution in [2.24, 2.45) is 0 Å². The highest BCUT2D eigenvalue weighted by Gasteiger charge is 2.21. The zero-order chi connectivity index (χ0) is 10.8. The molecule has 1 amide bonds. The number of nitrogens with zero attached hydrogens (tertiary/aromatic N) is 2. The molecule has 0 aromatic carbocycles. The minimum absolute atomic E-state index is 0.617. The summed E-state index contributed by atoms with van der Waals surface area (Å²) in [7, 11) is 0. The number of aromatic nitrogens is 1. The summed E-state index contributed by atoms with van der Waals surface area (Å²) in [5.41, 5.74) is 2.46. The first-order valence-corrected chi connectivity index (χ1v) is 4.85. The summed E-state index contributed by atoms with van der Waals surface area (Å²) in [6, 6.07) is 3.65. The van der Waals surface area contributed by atoms with E-state index in [2.05, 4.69) is 0 Å². The first kappa shape index (κ1) is 9.71. The molecule has 2 heterocycles. The minimum atomic E-state index is 0.617. The van der Waals surface area contributed by atoms with Gasteiger partial charge >= 0.3 is 0 Å². The summed E-state index contributed by atoms with van der Waals surface area (Å²) >= 11 is 0. The Morgan fingerprint density at radius 3 is 2.67 bits per heavy atom. The monoisotopic (exact) mass is 204 g/mol. The smallest absolute Gasteiger partial charge is 0.214 e. The second-order valence-corrected chi connectivity index (χ2v) is 3.39. The van der Waals surface area contributed by atoms with Crippen LogP contribution in [0.5, 0.6) is 0 Å². The topological polar surface area (TPSA) is 42.3 Å². The maximum Gasteiger partial charge on any atom is 0.214 e. The third-order valence-corrected chi connectivity index (χ3v) is 2.67. The van der Waals surface area contributed by atoms with E-state index in [-0.39, 0.29) is 0 Å². The lowest BCUT2D eigenvalue weighted by atomic mass is 10.2. The molecule has 0 fully saturated rings. The van der Waals surface area contributed by atoms with Gasteiger partial charge in [-0.05, 0) is 19.1 Å². The molecule has 0 saturated heterocycles. The average Bonchev–Trinajstić information content (AvgIpc) is 2.70. The Balaban J connectivity index is 2.52. The van der Waals surface area contributed by atoms with Gasteiger partial charge in [0.1, 0.15) is 0 Å². The molecule has 0 aliphatic carbocycles. The van der Waals surface area contributed by atoms with Crippen molar-refractivity contribution < 1.29 is 9.59 Å². The Hall–Kier alpha value is -1.84. The van der Waals surface area contributed by atoms with E-state index in [0.29, 0.717) is 18.8 Å². The van der Waals surface area contributed by atoms with E-state index in [1.165, 1.54) is 0 Å². The molecule has 0 radical (unpaired) electrons. The lowest BCUT2D eigenvalue weighted by Crippen LogP contribution is -2.31. The van der Waals surface area contributed by atoms with Crippen LogP contribution in [0.1, 0.15) is 23.1 Å². The van der Waals surface area contributed by atoms with Crippen molar-refractivity contribution in [3.8, 4) is 0 Å². The van der Waals surface area contributed by atoms with E-state index < -0.39 is 0 Å². The molecule has 0 spiro atoms. The van der Waals surface area contributed by atoms with Crippen LogP contribution in [-0.4, -0.2) is 28.7 Å². The van der Waals surface area contributed by atoms with Crippen LogP contribution in [0.4, 0.5) is 0 Å². The molecule has 0 N–H and O–H groups in total. The number of fused-ring (bicyclic) bond motifs is 1. The van der Waals surface area contributed by atoms with Gasteiger partial charge in [-0.1, -0.05) is 6.08 Å². The van der Waals surface area contributed by atoms with Crippen molar-refractivity contribution >= 4 is 18.4 Å². The lowest BCUT2D eigenvalue weighted by Gasteiger charge is -2.28. The fraction of sp³-hybridized carbons (Fsp3) is 0.273. The first-order valence-electron chi connectivity index (χ1n) is 4.85. The Bertz CT molecular complexity index is 432. The number of rotatable bonds is 2. The maximum absolute atomic E-state index is 10.8. The Labute approximate surface area is 87.8 Å². The molecule has 4 nitrogen and oxygen atoms in total. The molecule has 0 saturated carbocycles. The van der Waals surface area contributed by atoms with Gasteiger partial charge in [0.15, 0.2) is 6.29 Å². The van der Waals surface area contributed by atoms with Crippen LogP contribution in [0.3, 0.4) is 0 Å². The number of hydrogen-bond acceptors (Lipinski definition) is 2. The van der Waals surface area contributed by atoms with Crippen LogP contribution < -0.4 is 0 Å². The van der Waals surface area contributed by atoms with Crippen molar-refractivity contribution in [1.82, 2.24) is 9.47 Å². The van der Waals surface area contributed by atoms with Crippen molar-refractivity contribution in [3.63, 3.8) is 0 Å². The normalized spacial score (nSPS) is 17.7. The van der Waals surface area contributed by atoms with Crippen LogP contribution >= 0.6 is 0 Å². The van der Waals surface area contributed by atoms with E-state index in [1.54, 1.807) is 11.0 Å². The van der Waals surface area contributed by atoms with E-state index >= 15 is 0 Å². The van der Waals surface area contributed by atoms with Crippen LogP contribution in [0, 0.1) is 0 Å². The molecule has 78 valence electrons. The highest BCUT2D eigenvalue weighted by atomic mass is 16.1. The van der Waals surface area contributed by atoms with Crippen LogP contribution in [0.25, 0.3) is 5.70 Å². The molecular formula is C11H12N2O2. The summed E-state index contributed by atoms with van der Waals surface area (Å²) in [5.74, 6) is 0. The second kappa shape index (κ2) is 3.73. The molecule has 0 bridgehead atoms. The summed E-state index contributed by atoms with van der Waals surface area (Å²) in [6.45, 7) is 3.17. The van der Waals surface area contributed by atoms with Gasteiger partial charge in [0, 0.05) is 13.1 Å². The SMILES string of the molecule is C/C=C1/c2ccc(C=O)n2CCN1C=O. The molecular weight excluding hydrogens is 192 g/mol. The van der Waals surface area contributed by atoms with Crippen molar-refractivity contribution in [3.05, 3.63) is 29.6 Å². The van der Waals surface area contributed by atoms with Crippen LogP contribution in [-0.2, 0) is 11.3 Å². The number of amides is 1. The zero-order valence-electron chi connectivity index (χ0n) is 8.51. The summed E-state index contributed by atoms with van der Waals surface area (Å²) in [4.78, 5) is 23.2. The van der Waals surface area contributed by atoms with Crippen molar-refractivity contribution in [1.29, 1.82) is 0 Å². The van der Waals surface area contributed by atoms with Crippen LogP contribution in [0.15, 0.2) is 18.2 Å². The van der Waals surface area contributed by atoms with E-state index in [0.717, 1.165) is 24.1 Å². The minimum Gasteiger partial charge on any atom is -0.335 e. The lowest BCUT2D eigenvalue weighted by molar-refractivity contribution is -0.115. The predicted molar refractivity (Wildman–Crippen MR) is 56.2 cm³/mol. The molecule has 1 aromatic rings. The van der Waals surface area contributed by atoms with Gasteiger partial charge in [0.25, 0.3) is 0 Å². The summed E-state index contributed by atoms with van der Waals surface area (Å²) in [6.07, 6.45) is 3.55. The second-order valence-electron chi connectivity index (χ2n) is 3.39. The van der Waals surface area contributed by atoms with Gasteiger partial charge in [0.2, 0.25) is 6.41 Å². The number of allylic oxidation sites excluding steroid dienone is 1. The molecule has 0 atom stereocenters. The van der Waals surface area contributed by atoms with Gasteiger partial charge in [-0.25, -0.2) is 0 Å². The number of aldehydes is 1. The molecule has 4 heteroatoms. The molecule has 15 heavy (non-hydrogen) atoms. The van der Waals surface area contributed by atoms with Gasteiger partial charge in [0.05, 0.1) is 17.1 Å². The molecule has 0 unspecified atom stereocenters. The van der Waals surface area contributed by atoms with Crippen LogP contribution in [0.2, 0.25) is 0 Å². The standard InChI is InChI=1S/C11H12N2O2/c1-2-10-11-4-3-9(7-14)13(11)6-5-12(10)8-15/h2-4,7-8H,5-6H2,1H3/b10-2-. The fourth-order valence-corrected chi connectivity index (χ4v) is 1.96. The largest absolute Gasteiger partial charge is 0.335 e. The maximum atomic E-state index is 10.8. The number of carbonyl (C=O) groups is 2. The fourth-order valence-electron chi connectivity index (χ4n) is 1.96. The van der Waals surface area contributed by atoms with E-state index in [4.69, 9.17) is 0 Å². The highest BCUT2D eigenvalue weighted by Crippen LogP contribution is 2.24. The van der Waals surface area contributed by atoms with Crippen molar-refractivity contribution in [2.75, 3.05) is 6.54 Å². The summed E-state index contributed by atoms with van der Waals surface area (Å²) in [5, 5.41) is 0. The third kappa shape index (κ3) is 1.38. The van der Waals surface area contributed by atoms with Gasteiger partial charge in [-0.15, -0.1) is 0 Å². The highest BCUT2D eigenvalue weighted by molar-refractivity contribution is 5.79. The van der Waals surface area contributed by atoms with Crippen molar-refractivity contribution in [2.45, 2.75) is 13.5 Å².